The van der Waals surface area contributed by atoms with Crippen LogP contribution in [0.25, 0.3) is 0 Å². The molecule has 0 amide bonds. The summed E-state index contributed by atoms with van der Waals surface area (Å²) >= 11 is 0. The molecule has 6 atom stereocenters. The molecule has 5 N–H and O–H groups in total. The number of nitrogens with one attached hydrogen (secondary N) is 1. The van der Waals surface area contributed by atoms with Gasteiger partial charge in [0, 0.05) is 37.9 Å². The molecule has 2 unspecified atom stereocenters. The molecular weight excluding hydrogens is 480 g/mol. The molecule has 4 heterocycles. The van der Waals surface area contributed by atoms with E-state index in [4.69, 9.17) is 4.74 Å². The van der Waals surface area contributed by atoms with Crippen LogP contribution in [0.1, 0.15) is 24.0 Å². The first-order valence-corrected chi connectivity index (χ1v) is 12.7. The van der Waals surface area contributed by atoms with Gasteiger partial charge in [0.05, 0.1) is 42.4 Å². The van der Waals surface area contributed by atoms with Crippen LogP contribution in [0.5, 0.6) is 0 Å². The van der Waals surface area contributed by atoms with E-state index in [2.05, 4.69) is 10.2 Å². The van der Waals surface area contributed by atoms with Crippen LogP contribution >= 0.6 is 0 Å². The van der Waals surface area contributed by atoms with Gasteiger partial charge >= 0.3 is 0 Å². The number of ether oxygens (including phenoxy) is 1. The van der Waals surface area contributed by atoms with Gasteiger partial charge in [-0.15, -0.1) is 0 Å². The predicted octanol–water partition coefficient (Wildman–Crippen LogP) is 0.834. The van der Waals surface area contributed by atoms with Crippen molar-refractivity contribution in [3.8, 4) is 0 Å². The van der Waals surface area contributed by atoms with Crippen molar-refractivity contribution in [2.75, 3.05) is 36.5 Å². The lowest BCUT2D eigenvalue weighted by molar-refractivity contribution is -0.383. The van der Waals surface area contributed by atoms with Crippen molar-refractivity contribution in [1.82, 2.24) is 4.90 Å². The second kappa shape index (κ2) is 10.9. The zero-order valence-electron chi connectivity index (χ0n) is 20.5. The number of aliphatic hydroxyl groups excluding tert-OH is 4. The highest BCUT2D eigenvalue weighted by Gasteiger charge is 2.41. The summed E-state index contributed by atoms with van der Waals surface area (Å²) in [5, 5.41) is 54.8. The van der Waals surface area contributed by atoms with Gasteiger partial charge in [0.25, 0.3) is 5.69 Å². The molecule has 11 heteroatoms. The number of β-amino-alcohol motifs (C(OH)–C–C–N with tert-alkyl or cyclic N) is 1. The van der Waals surface area contributed by atoms with Gasteiger partial charge < -0.3 is 35.4 Å². The van der Waals surface area contributed by atoms with Crippen molar-refractivity contribution in [2.24, 2.45) is 0 Å². The molecule has 6 rings (SSSR count). The zero-order chi connectivity index (χ0) is 26.1. The van der Waals surface area contributed by atoms with Crippen molar-refractivity contribution in [2.45, 2.75) is 62.4 Å². The number of likely N-dealkylation sites (tertiary alicyclic amines) is 1. The van der Waals surface area contributed by atoms with E-state index in [1.165, 1.54) is 0 Å². The van der Waals surface area contributed by atoms with E-state index < -0.39 is 24.4 Å². The standard InChI is InChI=1S/C26H34N4O7/c31-14-23-25(33)26(34)24(32)13-28(23)11-17-3-1-16(2-4-17)10-27-21-8-6-18(9-22(21)30(35)36)29-12-20-7-5-19(29)15-37-20/h1-4,6,8-9,19-20,23-27,31-34H,5,7,10-15H2/t19?,20?,23-,24+,25-,26-/m1/s1. The Kier molecular flexibility index (Phi) is 7.61. The van der Waals surface area contributed by atoms with Crippen molar-refractivity contribution in [3.05, 3.63) is 63.7 Å². The summed E-state index contributed by atoms with van der Waals surface area (Å²) in [6.07, 6.45) is -1.36. The average Bonchev–Trinajstić information content (AvgIpc) is 2.92. The molecule has 11 nitrogen and oxygen atoms in total. The van der Waals surface area contributed by atoms with E-state index in [1.807, 2.05) is 30.3 Å². The number of rotatable bonds is 8. The monoisotopic (exact) mass is 514 g/mol. The molecule has 0 radical (unpaired) electrons. The van der Waals surface area contributed by atoms with E-state index in [-0.39, 0.29) is 35.9 Å². The van der Waals surface area contributed by atoms with Crippen molar-refractivity contribution >= 4 is 17.1 Å². The zero-order valence-corrected chi connectivity index (χ0v) is 20.5. The first-order chi connectivity index (χ1) is 17.8. The third-order valence-electron chi connectivity index (χ3n) is 7.80. The minimum absolute atomic E-state index is 0.0379. The van der Waals surface area contributed by atoms with E-state index in [0.717, 1.165) is 36.2 Å². The first kappa shape index (κ1) is 25.8. The number of nitro groups is 1. The third-order valence-corrected chi connectivity index (χ3v) is 7.80. The van der Waals surface area contributed by atoms with Gasteiger partial charge in [-0.1, -0.05) is 24.3 Å². The fraction of sp³-hybridized carbons (Fsp3) is 0.538. The van der Waals surface area contributed by atoms with Crippen LogP contribution in [-0.2, 0) is 17.8 Å². The Morgan fingerprint density at radius 3 is 2.41 bits per heavy atom. The summed E-state index contributed by atoms with van der Waals surface area (Å²) in [5.74, 6) is 0. The van der Waals surface area contributed by atoms with Crippen LogP contribution in [0.15, 0.2) is 42.5 Å². The molecule has 0 saturated carbocycles. The number of fused-ring (bicyclic) bond motifs is 3. The van der Waals surface area contributed by atoms with E-state index in [9.17, 15) is 30.5 Å². The molecule has 0 aliphatic carbocycles. The van der Waals surface area contributed by atoms with E-state index in [1.54, 1.807) is 17.0 Å². The van der Waals surface area contributed by atoms with E-state index in [0.29, 0.717) is 25.4 Å². The number of nitrogens with zero attached hydrogens (tertiary/aromatic N) is 3. The number of nitro benzene ring substituents is 1. The van der Waals surface area contributed by atoms with Crippen LogP contribution in [0.2, 0.25) is 0 Å². The fourth-order valence-electron chi connectivity index (χ4n) is 5.62. The molecule has 0 spiro atoms. The maximum atomic E-state index is 11.8. The molecule has 2 bridgehead atoms. The minimum Gasteiger partial charge on any atom is -0.395 e. The molecular formula is C26H34N4O7. The molecule has 4 aliphatic rings. The first-order valence-electron chi connectivity index (χ1n) is 12.7. The fourth-order valence-corrected chi connectivity index (χ4v) is 5.62. The molecule has 0 aromatic heterocycles. The maximum Gasteiger partial charge on any atom is 0.294 e. The van der Waals surface area contributed by atoms with Gasteiger partial charge in [0.15, 0.2) is 0 Å². The Morgan fingerprint density at radius 1 is 1.03 bits per heavy atom. The van der Waals surface area contributed by atoms with Crippen LogP contribution < -0.4 is 10.2 Å². The number of aliphatic hydroxyl groups is 4. The van der Waals surface area contributed by atoms with Crippen LogP contribution in [-0.4, -0.2) is 93.1 Å². The number of piperidine rings is 2. The molecule has 4 fully saturated rings. The lowest BCUT2D eigenvalue weighted by atomic mass is 9.93. The number of hydrogen-bond acceptors (Lipinski definition) is 10. The second-order valence-corrected chi connectivity index (χ2v) is 10.2. The van der Waals surface area contributed by atoms with Gasteiger partial charge in [-0.2, -0.15) is 0 Å². The number of hydrogen-bond donors (Lipinski definition) is 5. The SMILES string of the molecule is O=[N+]([O-])c1cc(N2CC3CCC2CO3)ccc1NCc1ccc(CN2C[C@H](O)[C@@H](O)[C@H](O)[C@H]2CO)cc1. The number of anilines is 2. The number of morpholine rings is 1. The van der Waals surface area contributed by atoms with Gasteiger partial charge in [-0.05, 0) is 36.1 Å². The Bertz CT molecular complexity index is 1090. The van der Waals surface area contributed by atoms with Crippen LogP contribution in [0, 0.1) is 10.1 Å². The van der Waals surface area contributed by atoms with Gasteiger partial charge in [-0.3, -0.25) is 15.0 Å². The topological polar surface area (TPSA) is 152 Å². The Balaban J connectivity index is 1.22. The lowest BCUT2D eigenvalue weighted by Crippen LogP contribution is -2.62. The van der Waals surface area contributed by atoms with Crippen molar-refractivity contribution in [3.63, 3.8) is 0 Å². The highest BCUT2D eigenvalue weighted by atomic mass is 16.6. The minimum atomic E-state index is -1.29. The van der Waals surface area contributed by atoms with Crippen molar-refractivity contribution in [1.29, 1.82) is 0 Å². The average molecular weight is 515 g/mol. The maximum absolute atomic E-state index is 11.8. The smallest absolute Gasteiger partial charge is 0.294 e. The Labute approximate surface area is 215 Å². The van der Waals surface area contributed by atoms with E-state index >= 15 is 0 Å². The van der Waals surface area contributed by atoms with Crippen molar-refractivity contribution < 1.29 is 30.1 Å². The van der Waals surface area contributed by atoms with Gasteiger partial charge in [-0.25, -0.2) is 0 Å². The molecule has 2 aromatic carbocycles. The molecule has 4 aliphatic heterocycles. The summed E-state index contributed by atoms with van der Waals surface area (Å²) in [4.78, 5) is 15.4. The summed E-state index contributed by atoms with van der Waals surface area (Å²) in [6.45, 7) is 2.01. The molecule has 2 aromatic rings. The van der Waals surface area contributed by atoms with Crippen LogP contribution in [0.4, 0.5) is 17.1 Å². The predicted molar refractivity (Wildman–Crippen MR) is 136 cm³/mol. The Hall–Kier alpha value is -2.80. The number of benzene rings is 2. The molecule has 200 valence electrons. The highest BCUT2D eigenvalue weighted by Crippen LogP contribution is 2.35. The largest absolute Gasteiger partial charge is 0.395 e. The third kappa shape index (κ3) is 5.42. The summed E-state index contributed by atoms with van der Waals surface area (Å²) in [5.41, 5.74) is 3.18. The Morgan fingerprint density at radius 2 is 1.78 bits per heavy atom. The normalized spacial score (nSPS) is 29.9. The molecule has 4 saturated heterocycles. The summed E-state index contributed by atoms with van der Waals surface area (Å²) in [7, 11) is 0. The highest BCUT2D eigenvalue weighted by molar-refractivity contribution is 5.69. The quantitative estimate of drug-likeness (QED) is 0.253. The lowest BCUT2D eigenvalue weighted by Gasteiger charge is -2.46. The van der Waals surface area contributed by atoms with Gasteiger partial charge in [0.1, 0.15) is 17.9 Å². The summed E-state index contributed by atoms with van der Waals surface area (Å²) in [6, 6.07) is 12.5. The summed E-state index contributed by atoms with van der Waals surface area (Å²) < 4.78 is 5.76. The molecule has 37 heavy (non-hydrogen) atoms. The van der Waals surface area contributed by atoms with Crippen LogP contribution in [0.3, 0.4) is 0 Å². The second-order valence-electron chi connectivity index (χ2n) is 10.2. The van der Waals surface area contributed by atoms with Gasteiger partial charge in [0.2, 0.25) is 0 Å².